The van der Waals surface area contributed by atoms with E-state index in [-0.39, 0.29) is 0 Å². The summed E-state index contributed by atoms with van der Waals surface area (Å²) >= 11 is 1.99. The predicted molar refractivity (Wildman–Crippen MR) is 89.9 cm³/mol. The van der Waals surface area contributed by atoms with E-state index in [9.17, 15) is 0 Å². The summed E-state index contributed by atoms with van der Waals surface area (Å²) in [6.45, 7) is 5.59. The summed E-state index contributed by atoms with van der Waals surface area (Å²) in [6, 6.07) is 0. The Hall–Kier alpha value is -0.490. The van der Waals surface area contributed by atoms with Crippen LogP contribution in [0.15, 0.2) is 0 Å². The van der Waals surface area contributed by atoms with Gasteiger partial charge in [0.15, 0.2) is 0 Å². The number of methoxy groups -OCH3 is 1. The number of rotatable bonds is 7. The fourth-order valence-electron chi connectivity index (χ4n) is 3.44. The van der Waals surface area contributed by atoms with Crippen molar-refractivity contribution in [1.82, 2.24) is 9.88 Å². The Bertz CT molecular complexity index is 440. The molecule has 2 heterocycles. The topological polar surface area (TPSA) is 34.6 Å². The zero-order chi connectivity index (χ0) is 15.2. The molecule has 2 aliphatic rings. The maximum absolute atomic E-state index is 5.60. The molecule has 1 aliphatic carbocycles. The van der Waals surface area contributed by atoms with Crippen LogP contribution in [0.5, 0.6) is 0 Å². The molecule has 3 rings (SSSR count). The SMILES string of the molecule is COCCOCCN1CCCC(c2nc3c(s2)CCCC3)C1. The summed E-state index contributed by atoms with van der Waals surface area (Å²) in [5.74, 6) is 0.642. The number of thiazole rings is 1. The van der Waals surface area contributed by atoms with Gasteiger partial charge in [-0.3, -0.25) is 0 Å². The maximum Gasteiger partial charge on any atom is 0.0974 e. The minimum Gasteiger partial charge on any atom is -0.382 e. The molecule has 0 spiro atoms. The summed E-state index contributed by atoms with van der Waals surface area (Å²) in [4.78, 5) is 9.09. The third kappa shape index (κ3) is 4.28. The zero-order valence-corrected chi connectivity index (χ0v) is 14.5. The highest BCUT2D eigenvalue weighted by atomic mass is 32.1. The lowest BCUT2D eigenvalue weighted by atomic mass is 9.98. The first kappa shape index (κ1) is 16.4. The van der Waals surface area contributed by atoms with Gasteiger partial charge in [-0.25, -0.2) is 4.98 Å². The van der Waals surface area contributed by atoms with Crippen LogP contribution in [0.3, 0.4) is 0 Å². The highest BCUT2D eigenvalue weighted by Crippen LogP contribution is 2.34. The third-order valence-electron chi connectivity index (χ3n) is 4.70. The molecule has 0 bridgehead atoms. The monoisotopic (exact) mass is 324 g/mol. The number of fused-ring (bicyclic) bond motifs is 1. The van der Waals surface area contributed by atoms with Gasteiger partial charge in [0, 0.05) is 31.0 Å². The summed E-state index contributed by atoms with van der Waals surface area (Å²) in [5.41, 5.74) is 1.41. The lowest BCUT2D eigenvalue weighted by molar-refractivity contribution is 0.0526. The molecule has 1 atom stereocenters. The fourth-order valence-corrected chi connectivity index (χ4v) is 4.72. The van der Waals surface area contributed by atoms with Crippen molar-refractivity contribution in [2.24, 2.45) is 0 Å². The van der Waals surface area contributed by atoms with Crippen LogP contribution in [0, 0.1) is 0 Å². The molecule has 1 aromatic rings. The molecule has 5 heteroatoms. The molecule has 0 saturated carbocycles. The van der Waals surface area contributed by atoms with Crippen molar-refractivity contribution in [2.45, 2.75) is 44.4 Å². The van der Waals surface area contributed by atoms with Gasteiger partial charge in [0.25, 0.3) is 0 Å². The first-order valence-electron chi connectivity index (χ1n) is 8.64. The lowest BCUT2D eigenvalue weighted by Gasteiger charge is -2.31. The number of hydrogen-bond acceptors (Lipinski definition) is 5. The number of ether oxygens (including phenoxy) is 2. The van der Waals surface area contributed by atoms with Crippen LogP contribution in [0.4, 0.5) is 0 Å². The van der Waals surface area contributed by atoms with E-state index in [0.29, 0.717) is 19.1 Å². The molecule has 0 amide bonds. The van der Waals surface area contributed by atoms with Gasteiger partial charge in [0.05, 0.1) is 30.5 Å². The van der Waals surface area contributed by atoms with E-state index in [4.69, 9.17) is 14.5 Å². The molecule has 124 valence electrons. The van der Waals surface area contributed by atoms with Crippen LogP contribution in [0.2, 0.25) is 0 Å². The van der Waals surface area contributed by atoms with Crippen molar-refractivity contribution in [1.29, 1.82) is 0 Å². The van der Waals surface area contributed by atoms with Gasteiger partial charge in [-0.1, -0.05) is 0 Å². The largest absolute Gasteiger partial charge is 0.382 e. The zero-order valence-electron chi connectivity index (χ0n) is 13.7. The van der Waals surface area contributed by atoms with Gasteiger partial charge in [-0.2, -0.15) is 0 Å². The van der Waals surface area contributed by atoms with E-state index in [1.807, 2.05) is 11.3 Å². The molecular weight excluding hydrogens is 296 g/mol. The van der Waals surface area contributed by atoms with Crippen molar-refractivity contribution < 1.29 is 9.47 Å². The molecule has 1 saturated heterocycles. The van der Waals surface area contributed by atoms with E-state index < -0.39 is 0 Å². The van der Waals surface area contributed by atoms with E-state index >= 15 is 0 Å². The Morgan fingerprint density at radius 2 is 2.09 bits per heavy atom. The first-order chi connectivity index (χ1) is 10.9. The summed E-state index contributed by atoms with van der Waals surface area (Å²) in [7, 11) is 1.71. The van der Waals surface area contributed by atoms with E-state index in [1.54, 1.807) is 12.0 Å². The van der Waals surface area contributed by atoms with Crippen molar-refractivity contribution in [3.05, 3.63) is 15.6 Å². The smallest absolute Gasteiger partial charge is 0.0974 e. The van der Waals surface area contributed by atoms with Crippen LogP contribution in [0.25, 0.3) is 0 Å². The maximum atomic E-state index is 5.60. The molecule has 1 unspecified atom stereocenters. The summed E-state index contributed by atoms with van der Waals surface area (Å²) in [6.07, 6.45) is 7.73. The molecule has 4 nitrogen and oxygen atoms in total. The van der Waals surface area contributed by atoms with Crippen LogP contribution < -0.4 is 0 Å². The Labute approximate surface area is 137 Å². The van der Waals surface area contributed by atoms with Gasteiger partial charge < -0.3 is 14.4 Å². The van der Waals surface area contributed by atoms with E-state index in [2.05, 4.69) is 4.90 Å². The van der Waals surface area contributed by atoms with Gasteiger partial charge in [-0.05, 0) is 45.1 Å². The normalized spacial score (nSPS) is 22.7. The van der Waals surface area contributed by atoms with Gasteiger partial charge in [0.1, 0.15) is 0 Å². The quantitative estimate of drug-likeness (QED) is 0.722. The highest BCUT2D eigenvalue weighted by Gasteiger charge is 2.25. The van der Waals surface area contributed by atoms with E-state index in [0.717, 1.165) is 19.7 Å². The molecule has 0 N–H and O–H groups in total. The van der Waals surface area contributed by atoms with Crippen molar-refractivity contribution in [3.63, 3.8) is 0 Å². The van der Waals surface area contributed by atoms with Crippen LogP contribution in [0.1, 0.15) is 47.2 Å². The fraction of sp³-hybridized carbons (Fsp3) is 0.824. The lowest BCUT2D eigenvalue weighted by Crippen LogP contribution is -2.36. The van der Waals surface area contributed by atoms with Gasteiger partial charge in [0.2, 0.25) is 0 Å². The minimum atomic E-state index is 0.642. The highest BCUT2D eigenvalue weighted by molar-refractivity contribution is 7.11. The number of aryl methyl sites for hydroxylation is 2. The number of nitrogens with zero attached hydrogens (tertiary/aromatic N) is 2. The minimum absolute atomic E-state index is 0.642. The summed E-state index contributed by atoms with van der Waals surface area (Å²) < 4.78 is 10.6. The Kier molecular flexibility index (Phi) is 6.24. The van der Waals surface area contributed by atoms with Crippen LogP contribution in [-0.2, 0) is 22.3 Å². The Morgan fingerprint density at radius 1 is 1.18 bits per heavy atom. The van der Waals surface area contributed by atoms with E-state index in [1.165, 1.54) is 55.8 Å². The van der Waals surface area contributed by atoms with Crippen LogP contribution in [-0.4, -0.2) is 56.4 Å². The van der Waals surface area contributed by atoms with Crippen molar-refractivity contribution >= 4 is 11.3 Å². The second-order valence-electron chi connectivity index (χ2n) is 6.37. The molecular formula is C17H28N2O2S. The second-order valence-corrected chi connectivity index (χ2v) is 7.49. The molecule has 22 heavy (non-hydrogen) atoms. The van der Waals surface area contributed by atoms with Crippen molar-refractivity contribution in [3.8, 4) is 0 Å². The first-order valence-corrected chi connectivity index (χ1v) is 9.46. The Morgan fingerprint density at radius 3 is 2.95 bits per heavy atom. The number of aromatic nitrogens is 1. The second kappa shape index (κ2) is 8.39. The predicted octanol–water partition coefficient (Wildman–Crippen LogP) is 2.86. The van der Waals surface area contributed by atoms with Crippen LogP contribution >= 0.6 is 11.3 Å². The average molecular weight is 324 g/mol. The van der Waals surface area contributed by atoms with Gasteiger partial charge >= 0.3 is 0 Å². The van der Waals surface area contributed by atoms with Crippen molar-refractivity contribution in [2.75, 3.05) is 46.6 Å². The average Bonchev–Trinajstić information content (AvgIpc) is 2.99. The molecule has 0 radical (unpaired) electrons. The molecule has 1 fully saturated rings. The Balaban J connectivity index is 1.49. The molecule has 1 aliphatic heterocycles. The molecule has 1 aromatic heterocycles. The standard InChI is InChI=1S/C17H28N2O2S/c1-20-11-12-21-10-9-19-8-4-5-14(13-19)17-18-15-6-2-3-7-16(15)22-17/h14H,2-13H2,1H3. The summed E-state index contributed by atoms with van der Waals surface area (Å²) in [5, 5.41) is 1.40. The molecule has 0 aromatic carbocycles. The third-order valence-corrected chi connectivity index (χ3v) is 6.02. The number of piperidine rings is 1. The number of likely N-dealkylation sites (tertiary alicyclic amines) is 1. The van der Waals surface area contributed by atoms with Gasteiger partial charge in [-0.15, -0.1) is 11.3 Å². The number of hydrogen-bond donors (Lipinski definition) is 0.